The summed E-state index contributed by atoms with van der Waals surface area (Å²) in [4.78, 5) is 29.0. The van der Waals surface area contributed by atoms with E-state index >= 15 is 0 Å². The fourth-order valence-electron chi connectivity index (χ4n) is 2.94. The summed E-state index contributed by atoms with van der Waals surface area (Å²) in [5.74, 6) is 0.151. The number of anilines is 1. The quantitative estimate of drug-likeness (QED) is 0.628. The van der Waals surface area contributed by atoms with E-state index in [1.54, 1.807) is 11.8 Å². The predicted octanol–water partition coefficient (Wildman–Crippen LogP) is 3.45. The van der Waals surface area contributed by atoms with Gasteiger partial charge in [-0.25, -0.2) is 0 Å². The van der Waals surface area contributed by atoms with Gasteiger partial charge in [-0.1, -0.05) is 25.1 Å². The Labute approximate surface area is 133 Å². The molecule has 2 aromatic rings. The minimum absolute atomic E-state index is 0.169. The van der Waals surface area contributed by atoms with Crippen LogP contribution in [0.4, 0.5) is 11.4 Å². The molecule has 1 amide bonds. The molecule has 0 aliphatic carbocycles. The first-order valence-corrected chi connectivity index (χ1v) is 7.51. The van der Waals surface area contributed by atoms with Crippen molar-refractivity contribution in [2.24, 2.45) is 0 Å². The van der Waals surface area contributed by atoms with E-state index in [-0.39, 0.29) is 17.2 Å². The Hall–Kier alpha value is -2.76. The monoisotopic (exact) mass is 311 g/mol. The molecule has 118 valence electrons. The van der Waals surface area contributed by atoms with Crippen molar-refractivity contribution in [1.82, 2.24) is 4.98 Å². The van der Waals surface area contributed by atoms with Gasteiger partial charge in [0.05, 0.1) is 16.2 Å². The van der Waals surface area contributed by atoms with Crippen LogP contribution in [0.15, 0.2) is 36.5 Å². The first-order chi connectivity index (χ1) is 11.0. The summed E-state index contributed by atoms with van der Waals surface area (Å²) < 4.78 is 0. The molecule has 3 rings (SSSR count). The fraction of sp³-hybridized carbons (Fsp3) is 0.294. The second-order valence-corrected chi connectivity index (χ2v) is 5.79. The number of nitrogens with zero attached hydrogens (tertiary/aromatic N) is 3. The number of rotatable bonds is 2. The summed E-state index contributed by atoms with van der Waals surface area (Å²) in [5, 5.41) is 10.9. The van der Waals surface area contributed by atoms with E-state index < -0.39 is 4.92 Å². The fourth-order valence-corrected chi connectivity index (χ4v) is 2.94. The normalized spacial score (nSPS) is 16.8. The Morgan fingerprint density at radius 1 is 1.39 bits per heavy atom. The maximum absolute atomic E-state index is 12.9. The highest BCUT2D eigenvalue weighted by molar-refractivity contribution is 6.07. The number of carbonyl (C=O) groups is 1. The van der Waals surface area contributed by atoms with Gasteiger partial charge in [0, 0.05) is 18.3 Å². The van der Waals surface area contributed by atoms with E-state index in [2.05, 4.69) is 11.9 Å². The highest BCUT2D eigenvalue weighted by Crippen LogP contribution is 2.35. The van der Waals surface area contributed by atoms with Crippen LogP contribution in [0, 0.1) is 17.0 Å². The average Bonchev–Trinajstić information content (AvgIpc) is 2.55. The Morgan fingerprint density at radius 2 is 2.13 bits per heavy atom. The number of aryl methyl sites for hydroxylation is 1. The smallest absolute Gasteiger partial charge is 0.288 e. The minimum Gasteiger partial charge on any atom is -0.308 e. The molecule has 0 fully saturated rings. The van der Waals surface area contributed by atoms with Crippen LogP contribution in [0.25, 0.3) is 0 Å². The van der Waals surface area contributed by atoms with Crippen molar-refractivity contribution in [2.75, 3.05) is 11.4 Å². The highest BCUT2D eigenvalue weighted by atomic mass is 16.6. The first kappa shape index (κ1) is 15.1. The minimum atomic E-state index is -0.532. The van der Waals surface area contributed by atoms with Crippen LogP contribution in [-0.4, -0.2) is 22.4 Å². The second-order valence-electron chi connectivity index (χ2n) is 5.79. The molecule has 1 aliphatic heterocycles. The zero-order valence-corrected chi connectivity index (χ0v) is 13.0. The van der Waals surface area contributed by atoms with Crippen LogP contribution in [0.5, 0.6) is 0 Å². The molecule has 0 saturated carbocycles. The van der Waals surface area contributed by atoms with Crippen molar-refractivity contribution >= 4 is 17.3 Å². The van der Waals surface area contributed by atoms with Gasteiger partial charge in [0.15, 0.2) is 0 Å². The molecule has 1 aromatic carbocycles. The SMILES string of the molecule is Cc1ncc([N+](=O)[O-])cc1C(=O)N1CC[C@@H](C)c2ccccc21. The summed E-state index contributed by atoms with van der Waals surface area (Å²) in [5.41, 5.74) is 2.61. The van der Waals surface area contributed by atoms with Crippen LogP contribution in [0.3, 0.4) is 0 Å². The van der Waals surface area contributed by atoms with Gasteiger partial charge >= 0.3 is 0 Å². The third kappa shape index (κ3) is 2.67. The molecule has 1 aliphatic rings. The summed E-state index contributed by atoms with van der Waals surface area (Å²) >= 11 is 0. The van der Waals surface area contributed by atoms with E-state index in [9.17, 15) is 14.9 Å². The Kier molecular flexibility index (Phi) is 3.82. The van der Waals surface area contributed by atoms with Gasteiger partial charge in [0.25, 0.3) is 11.6 Å². The number of carbonyl (C=O) groups excluding carboxylic acids is 1. The largest absolute Gasteiger partial charge is 0.308 e. The topological polar surface area (TPSA) is 76.3 Å². The number of hydrogen-bond donors (Lipinski definition) is 0. The molecule has 1 atom stereocenters. The Morgan fingerprint density at radius 3 is 2.87 bits per heavy atom. The number of amides is 1. The molecule has 23 heavy (non-hydrogen) atoms. The molecule has 2 heterocycles. The molecule has 0 N–H and O–H groups in total. The van der Waals surface area contributed by atoms with Crippen molar-refractivity contribution in [2.45, 2.75) is 26.2 Å². The molecule has 6 nitrogen and oxygen atoms in total. The molecule has 1 aromatic heterocycles. The first-order valence-electron chi connectivity index (χ1n) is 7.51. The number of hydrogen-bond acceptors (Lipinski definition) is 4. The maximum Gasteiger partial charge on any atom is 0.288 e. The number of aromatic nitrogens is 1. The number of fused-ring (bicyclic) bond motifs is 1. The van der Waals surface area contributed by atoms with Gasteiger partial charge in [-0.3, -0.25) is 19.9 Å². The lowest BCUT2D eigenvalue weighted by atomic mass is 9.91. The van der Waals surface area contributed by atoms with E-state index in [4.69, 9.17) is 0 Å². The zero-order chi connectivity index (χ0) is 16.6. The molecule has 0 unspecified atom stereocenters. The standard InChI is InChI=1S/C17H17N3O3/c1-11-7-8-19(16-6-4-3-5-14(11)16)17(21)15-9-13(20(22)23)10-18-12(15)2/h3-6,9-11H,7-8H2,1-2H3/t11-/m1/s1. The third-order valence-electron chi connectivity index (χ3n) is 4.30. The third-order valence-corrected chi connectivity index (χ3v) is 4.30. The number of benzene rings is 1. The Bertz CT molecular complexity index is 788. The summed E-state index contributed by atoms with van der Waals surface area (Å²) in [7, 11) is 0. The number of pyridine rings is 1. The summed E-state index contributed by atoms with van der Waals surface area (Å²) in [6.45, 7) is 4.43. The lowest BCUT2D eigenvalue weighted by molar-refractivity contribution is -0.385. The van der Waals surface area contributed by atoms with Gasteiger partial charge in [0.1, 0.15) is 6.20 Å². The van der Waals surface area contributed by atoms with Crippen molar-refractivity contribution in [3.05, 3.63) is 63.5 Å². The molecule has 6 heteroatoms. The predicted molar refractivity (Wildman–Crippen MR) is 86.8 cm³/mol. The Balaban J connectivity index is 2.03. The van der Waals surface area contributed by atoms with Gasteiger partial charge in [-0.2, -0.15) is 0 Å². The van der Waals surface area contributed by atoms with Crippen LogP contribution in [0.1, 0.15) is 40.9 Å². The molecule has 0 spiro atoms. The van der Waals surface area contributed by atoms with E-state index in [1.807, 2.05) is 24.3 Å². The van der Waals surface area contributed by atoms with Crippen LogP contribution in [0.2, 0.25) is 0 Å². The average molecular weight is 311 g/mol. The van der Waals surface area contributed by atoms with Gasteiger partial charge in [0.2, 0.25) is 0 Å². The van der Waals surface area contributed by atoms with Crippen LogP contribution in [-0.2, 0) is 0 Å². The van der Waals surface area contributed by atoms with E-state index in [0.717, 1.165) is 17.7 Å². The van der Waals surface area contributed by atoms with Crippen LogP contribution >= 0.6 is 0 Å². The maximum atomic E-state index is 12.9. The van der Waals surface area contributed by atoms with Gasteiger partial charge < -0.3 is 4.90 Å². The van der Waals surface area contributed by atoms with Gasteiger partial charge in [-0.05, 0) is 30.9 Å². The lowest BCUT2D eigenvalue weighted by Crippen LogP contribution is -2.36. The summed E-state index contributed by atoms with van der Waals surface area (Å²) in [6, 6.07) is 9.12. The lowest BCUT2D eigenvalue weighted by Gasteiger charge is -2.33. The van der Waals surface area contributed by atoms with Crippen molar-refractivity contribution < 1.29 is 9.72 Å². The van der Waals surface area contributed by atoms with Crippen molar-refractivity contribution in [3.8, 4) is 0 Å². The number of para-hydroxylation sites is 1. The molecular formula is C17H17N3O3. The molecule has 0 bridgehead atoms. The van der Waals surface area contributed by atoms with Gasteiger partial charge in [-0.15, -0.1) is 0 Å². The summed E-state index contributed by atoms with van der Waals surface area (Å²) in [6.07, 6.45) is 2.04. The highest BCUT2D eigenvalue weighted by Gasteiger charge is 2.28. The van der Waals surface area contributed by atoms with Crippen molar-refractivity contribution in [1.29, 1.82) is 0 Å². The molecule has 0 saturated heterocycles. The van der Waals surface area contributed by atoms with E-state index in [0.29, 0.717) is 18.2 Å². The zero-order valence-electron chi connectivity index (χ0n) is 13.0. The van der Waals surface area contributed by atoms with E-state index in [1.165, 1.54) is 12.3 Å². The molecular weight excluding hydrogens is 294 g/mol. The second kappa shape index (κ2) is 5.79. The van der Waals surface area contributed by atoms with Crippen molar-refractivity contribution in [3.63, 3.8) is 0 Å². The molecule has 0 radical (unpaired) electrons. The van der Waals surface area contributed by atoms with Crippen LogP contribution < -0.4 is 4.90 Å². The number of nitro groups is 1.